The van der Waals surface area contributed by atoms with Crippen molar-refractivity contribution >= 4 is 20.2 Å². The van der Waals surface area contributed by atoms with E-state index in [4.69, 9.17) is 0 Å². The second kappa shape index (κ2) is 12.8. The van der Waals surface area contributed by atoms with Crippen molar-refractivity contribution in [3.8, 4) is 0 Å². The first-order chi connectivity index (χ1) is 8.20. The van der Waals surface area contributed by atoms with Gasteiger partial charge in [0.2, 0.25) is 0 Å². The third-order valence-electron chi connectivity index (χ3n) is 2.54. The summed E-state index contributed by atoms with van der Waals surface area (Å²) in [6.07, 6.45) is 10.4. The molecule has 1 atom stereocenters. The number of rotatable bonds is 0. The van der Waals surface area contributed by atoms with Gasteiger partial charge in [-0.25, -0.2) is 0 Å². The molecule has 5 heteroatoms. The summed E-state index contributed by atoms with van der Waals surface area (Å²) >= 11 is 0.757. The Bertz CT molecular complexity index is 227. The Balaban J connectivity index is 0.000000247. The summed E-state index contributed by atoms with van der Waals surface area (Å²) in [4.78, 5) is 0. The van der Waals surface area contributed by atoms with Crippen LogP contribution in [0.25, 0.3) is 0 Å². The topological polar surface area (TPSA) is 24.1 Å². The van der Waals surface area contributed by atoms with Gasteiger partial charge >= 0.3 is 33.3 Å². The number of hydrogen-bond acceptors (Lipinski definition) is 2. The molecule has 0 spiro atoms. The Kier molecular flexibility index (Phi) is 13.0. The van der Waals surface area contributed by atoms with E-state index < -0.39 is 0 Å². The molecular weight excluding hydrogens is 307 g/mol. The monoisotopic (exact) mass is 327 g/mol. The molecule has 1 fully saturated rings. The third-order valence-corrected chi connectivity index (χ3v) is 2.54. The first-order valence-electron chi connectivity index (χ1n) is 5.82. The Labute approximate surface area is 120 Å². The van der Waals surface area contributed by atoms with Gasteiger partial charge in [0.25, 0.3) is 0 Å². The quantitative estimate of drug-likeness (QED) is 0.664. The molecule has 2 N–H and O–H groups in total. The second-order valence-electron chi connectivity index (χ2n) is 4.05. The third kappa shape index (κ3) is 12.6. The fourth-order valence-electron chi connectivity index (χ4n) is 1.59. The van der Waals surface area contributed by atoms with Crippen LogP contribution in [0.4, 0.5) is 0 Å². The molecule has 2 aliphatic rings. The molecule has 0 aromatic carbocycles. The molecule has 2 heterocycles. The van der Waals surface area contributed by atoms with Crippen LogP contribution in [-0.2, 0) is 13.1 Å². The number of hydrogen-bond donors (Lipinski definition) is 2. The van der Waals surface area contributed by atoms with Crippen molar-refractivity contribution in [3.63, 3.8) is 0 Å². The fraction of sp³-hybridized carbons (Fsp3) is 0.667. The Morgan fingerprint density at radius 1 is 1.35 bits per heavy atom. The van der Waals surface area contributed by atoms with Crippen LogP contribution in [-0.4, -0.2) is 19.1 Å². The van der Waals surface area contributed by atoms with Gasteiger partial charge in [-0.2, -0.15) is 0 Å². The molecule has 1 unspecified atom stereocenters. The zero-order valence-electron chi connectivity index (χ0n) is 10.4. The van der Waals surface area contributed by atoms with E-state index in [9.17, 15) is 0 Å². The predicted octanol–water partition coefficient (Wildman–Crippen LogP) is 3.57. The van der Waals surface area contributed by atoms with E-state index >= 15 is 0 Å². The summed E-state index contributed by atoms with van der Waals surface area (Å²) in [5.41, 5.74) is 1.25. The number of allylic oxidation sites excluding steroid dienone is 3. The average Bonchev–Trinajstić information content (AvgIpc) is 2.33. The molecule has 1 saturated heterocycles. The standard InChI is InChI=1S/C6H13N.C6H9N.2ClH.Cu/c2*1-6-4-2-3-5-7-6;;;/h6-7H,2-5H2,1H3;2-4,7H,5H2,1H3;2*1H;/q;;;;+2/p-2. The van der Waals surface area contributed by atoms with Crippen LogP contribution in [0.15, 0.2) is 23.9 Å². The first kappa shape index (κ1) is 17.3. The normalized spacial score (nSPS) is 22.4. The van der Waals surface area contributed by atoms with Crippen molar-refractivity contribution in [2.45, 2.75) is 39.2 Å². The molecule has 2 nitrogen and oxygen atoms in total. The van der Waals surface area contributed by atoms with Crippen LogP contribution >= 0.6 is 20.2 Å². The number of dihydropyridines is 1. The zero-order chi connectivity index (χ0) is 12.9. The van der Waals surface area contributed by atoms with Crippen molar-refractivity contribution in [2.24, 2.45) is 0 Å². The molecule has 0 aliphatic carbocycles. The number of nitrogens with one attached hydrogen (secondary N) is 2. The van der Waals surface area contributed by atoms with Gasteiger partial charge in [0.1, 0.15) is 0 Å². The van der Waals surface area contributed by atoms with Gasteiger partial charge < -0.3 is 10.6 Å². The van der Waals surface area contributed by atoms with Crippen molar-refractivity contribution in [2.75, 3.05) is 13.1 Å². The van der Waals surface area contributed by atoms with E-state index in [2.05, 4.69) is 62.9 Å². The summed E-state index contributed by atoms with van der Waals surface area (Å²) in [5, 5.41) is 6.54. The second-order valence-corrected chi connectivity index (χ2v) is 5.61. The average molecular weight is 329 g/mol. The van der Waals surface area contributed by atoms with Crippen LogP contribution in [0.1, 0.15) is 33.1 Å². The molecular formula is C12H22Cl2CuN2. The molecule has 0 aromatic heterocycles. The van der Waals surface area contributed by atoms with Crippen molar-refractivity contribution in [1.29, 1.82) is 0 Å². The van der Waals surface area contributed by atoms with Gasteiger partial charge in [0.15, 0.2) is 0 Å². The van der Waals surface area contributed by atoms with Gasteiger partial charge in [-0.15, -0.1) is 0 Å². The van der Waals surface area contributed by atoms with Crippen molar-refractivity contribution in [1.82, 2.24) is 10.6 Å². The molecule has 105 valence electrons. The fourth-order valence-corrected chi connectivity index (χ4v) is 1.59. The van der Waals surface area contributed by atoms with Crippen LogP contribution < -0.4 is 10.6 Å². The van der Waals surface area contributed by atoms with E-state index in [0.29, 0.717) is 0 Å². The van der Waals surface area contributed by atoms with E-state index in [1.165, 1.54) is 31.5 Å². The molecule has 2 rings (SSSR count). The molecule has 0 radical (unpaired) electrons. The van der Waals surface area contributed by atoms with Crippen LogP contribution in [0, 0.1) is 0 Å². The SMILES string of the molecule is CC1=CC=CCN1.CC1CCCCN1.[Cl][Cu][Cl]. The van der Waals surface area contributed by atoms with E-state index in [1.54, 1.807) is 0 Å². The van der Waals surface area contributed by atoms with Gasteiger partial charge in [-0.05, 0) is 39.3 Å². The summed E-state index contributed by atoms with van der Waals surface area (Å²) in [6, 6.07) is 0.786. The molecule has 0 saturated carbocycles. The summed E-state index contributed by atoms with van der Waals surface area (Å²) < 4.78 is 0. The van der Waals surface area contributed by atoms with Crippen molar-refractivity contribution < 1.29 is 13.1 Å². The maximum atomic E-state index is 4.67. The molecule has 0 bridgehead atoms. The summed E-state index contributed by atoms with van der Waals surface area (Å²) in [6.45, 7) is 6.53. The van der Waals surface area contributed by atoms with E-state index in [0.717, 1.165) is 25.7 Å². The van der Waals surface area contributed by atoms with Crippen molar-refractivity contribution in [3.05, 3.63) is 23.9 Å². The summed E-state index contributed by atoms with van der Waals surface area (Å²) in [7, 11) is 9.34. The van der Waals surface area contributed by atoms with Gasteiger partial charge in [-0.1, -0.05) is 18.6 Å². The molecule has 0 aromatic rings. The van der Waals surface area contributed by atoms with E-state index in [1.807, 2.05) is 0 Å². The maximum absolute atomic E-state index is 4.67. The Morgan fingerprint density at radius 3 is 2.29 bits per heavy atom. The zero-order valence-corrected chi connectivity index (χ0v) is 12.9. The van der Waals surface area contributed by atoms with E-state index in [-0.39, 0.29) is 0 Å². The van der Waals surface area contributed by atoms with Crippen LogP contribution in [0.2, 0.25) is 0 Å². The Morgan fingerprint density at radius 2 is 2.06 bits per heavy atom. The summed E-state index contributed by atoms with van der Waals surface area (Å²) in [5.74, 6) is 0. The molecule has 2 aliphatic heterocycles. The number of piperidine rings is 1. The van der Waals surface area contributed by atoms with Gasteiger partial charge in [0, 0.05) is 18.3 Å². The van der Waals surface area contributed by atoms with Crippen LogP contribution in [0.3, 0.4) is 0 Å². The number of halogens is 2. The van der Waals surface area contributed by atoms with Gasteiger partial charge in [-0.3, -0.25) is 0 Å². The molecule has 0 amide bonds. The minimum atomic E-state index is 0.757. The predicted molar refractivity (Wildman–Crippen MR) is 73.9 cm³/mol. The van der Waals surface area contributed by atoms with Gasteiger partial charge in [0.05, 0.1) is 0 Å². The molecule has 17 heavy (non-hydrogen) atoms. The first-order valence-corrected chi connectivity index (χ1v) is 8.41. The Hall–Kier alpha value is 0.339. The van der Waals surface area contributed by atoms with Crippen LogP contribution in [0.5, 0.6) is 0 Å². The minimum absolute atomic E-state index is 0.757.